The molecule has 0 aliphatic carbocycles. The van der Waals surface area contributed by atoms with Gasteiger partial charge in [-0.15, -0.1) is 0 Å². The molecular formula is C23H21ClN2O5S. The summed E-state index contributed by atoms with van der Waals surface area (Å²) in [4.78, 5) is 24.2. The minimum Gasteiger partial charge on any atom is -0.495 e. The molecule has 3 rings (SSSR count). The lowest BCUT2D eigenvalue weighted by molar-refractivity contribution is -0.114. The molecule has 0 aromatic heterocycles. The first kappa shape index (κ1) is 23.3. The fourth-order valence-electron chi connectivity index (χ4n) is 2.96. The molecule has 3 aromatic carbocycles. The molecule has 0 radical (unpaired) electrons. The summed E-state index contributed by atoms with van der Waals surface area (Å²) < 4.78 is 32.8. The van der Waals surface area contributed by atoms with E-state index in [0.29, 0.717) is 17.0 Å². The van der Waals surface area contributed by atoms with Crippen molar-refractivity contribution in [2.45, 2.75) is 11.8 Å². The quantitative estimate of drug-likeness (QED) is 0.491. The Balaban J connectivity index is 1.93. The van der Waals surface area contributed by atoms with E-state index in [-0.39, 0.29) is 21.4 Å². The number of carbonyl (C=O) groups excluding carboxylic acids is 2. The fourth-order valence-corrected chi connectivity index (χ4v) is 4.65. The van der Waals surface area contributed by atoms with Crippen molar-refractivity contribution in [2.24, 2.45) is 0 Å². The van der Waals surface area contributed by atoms with Crippen molar-refractivity contribution in [2.75, 3.05) is 23.3 Å². The topological polar surface area (TPSA) is 92.8 Å². The van der Waals surface area contributed by atoms with Crippen molar-refractivity contribution in [3.8, 4) is 5.75 Å². The molecule has 0 aliphatic heterocycles. The lowest BCUT2D eigenvalue weighted by atomic mass is 10.1. The van der Waals surface area contributed by atoms with Gasteiger partial charge in [0, 0.05) is 11.3 Å². The molecule has 7 nitrogen and oxygen atoms in total. The minimum absolute atomic E-state index is 0.0329. The van der Waals surface area contributed by atoms with Crippen LogP contribution in [0.3, 0.4) is 0 Å². The van der Waals surface area contributed by atoms with Crippen LogP contribution in [0.1, 0.15) is 17.3 Å². The third-order valence-electron chi connectivity index (χ3n) is 4.62. The zero-order chi connectivity index (χ0) is 23.3. The number of halogens is 1. The lowest BCUT2D eigenvalue weighted by Crippen LogP contribution is -2.38. The first-order chi connectivity index (χ1) is 15.2. The second-order valence-electron chi connectivity index (χ2n) is 6.83. The number of ketones is 1. The highest BCUT2D eigenvalue weighted by Gasteiger charge is 2.27. The van der Waals surface area contributed by atoms with Crippen molar-refractivity contribution in [1.82, 2.24) is 0 Å². The van der Waals surface area contributed by atoms with Crippen molar-refractivity contribution >= 4 is 44.7 Å². The second-order valence-corrected chi connectivity index (χ2v) is 9.09. The maximum Gasteiger partial charge on any atom is 0.264 e. The van der Waals surface area contributed by atoms with Crippen LogP contribution in [0.2, 0.25) is 5.02 Å². The van der Waals surface area contributed by atoms with Crippen LogP contribution in [0, 0.1) is 0 Å². The van der Waals surface area contributed by atoms with E-state index in [1.165, 1.54) is 44.4 Å². The van der Waals surface area contributed by atoms with Gasteiger partial charge in [0.15, 0.2) is 5.78 Å². The molecule has 0 unspecified atom stereocenters. The van der Waals surface area contributed by atoms with E-state index in [0.717, 1.165) is 4.31 Å². The summed E-state index contributed by atoms with van der Waals surface area (Å²) in [5.41, 5.74) is 1.15. The van der Waals surface area contributed by atoms with E-state index >= 15 is 0 Å². The number of nitrogens with one attached hydrogen (secondary N) is 1. The number of methoxy groups -OCH3 is 1. The van der Waals surface area contributed by atoms with Crippen LogP contribution in [0.4, 0.5) is 11.4 Å². The molecular weight excluding hydrogens is 452 g/mol. The summed E-state index contributed by atoms with van der Waals surface area (Å²) in [5.74, 6) is -0.283. The Hall–Kier alpha value is -3.36. The van der Waals surface area contributed by atoms with Crippen LogP contribution < -0.4 is 14.4 Å². The molecule has 1 amide bonds. The van der Waals surface area contributed by atoms with Crippen LogP contribution in [0.5, 0.6) is 5.75 Å². The largest absolute Gasteiger partial charge is 0.495 e. The van der Waals surface area contributed by atoms with E-state index in [1.54, 1.807) is 42.5 Å². The number of benzene rings is 3. The zero-order valence-electron chi connectivity index (χ0n) is 17.4. The van der Waals surface area contributed by atoms with Gasteiger partial charge in [-0.25, -0.2) is 8.42 Å². The van der Waals surface area contributed by atoms with Crippen LogP contribution in [0.25, 0.3) is 0 Å². The maximum atomic E-state index is 13.3. The van der Waals surface area contributed by atoms with Gasteiger partial charge in [-0.3, -0.25) is 13.9 Å². The number of amides is 1. The Morgan fingerprint density at radius 1 is 1.00 bits per heavy atom. The third kappa shape index (κ3) is 5.27. The molecule has 0 saturated heterocycles. The van der Waals surface area contributed by atoms with Gasteiger partial charge in [-0.2, -0.15) is 0 Å². The molecule has 0 atom stereocenters. The molecule has 166 valence electrons. The highest BCUT2D eigenvalue weighted by molar-refractivity contribution is 7.92. The second kappa shape index (κ2) is 9.84. The third-order valence-corrected chi connectivity index (χ3v) is 6.70. The standard InChI is InChI=1S/C23H21ClN2O5S/c1-16(27)17-8-10-18(11-9-17)25-23(28)15-26(19-12-13-22(31-2)21(24)14-19)32(29,30)20-6-4-3-5-7-20/h3-14H,15H2,1-2H3,(H,25,28). The highest BCUT2D eigenvalue weighted by Crippen LogP contribution is 2.32. The molecule has 0 fully saturated rings. The smallest absolute Gasteiger partial charge is 0.264 e. The summed E-state index contributed by atoms with van der Waals surface area (Å²) in [5, 5.41) is 2.86. The highest BCUT2D eigenvalue weighted by atomic mass is 35.5. The van der Waals surface area contributed by atoms with Crippen LogP contribution >= 0.6 is 11.6 Å². The van der Waals surface area contributed by atoms with Gasteiger partial charge in [-0.1, -0.05) is 29.8 Å². The molecule has 1 N–H and O–H groups in total. The number of anilines is 2. The van der Waals surface area contributed by atoms with Gasteiger partial charge in [0.1, 0.15) is 12.3 Å². The van der Waals surface area contributed by atoms with Crippen LogP contribution in [-0.2, 0) is 14.8 Å². The van der Waals surface area contributed by atoms with Crippen LogP contribution in [-0.4, -0.2) is 33.8 Å². The number of carbonyl (C=O) groups is 2. The minimum atomic E-state index is -4.07. The lowest BCUT2D eigenvalue weighted by Gasteiger charge is -2.24. The Labute approximate surface area is 191 Å². The Morgan fingerprint density at radius 3 is 2.22 bits per heavy atom. The molecule has 0 aliphatic rings. The van der Waals surface area contributed by atoms with Crippen molar-refractivity contribution in [1.29, 1.82) is 0 Å². The van der Waals surface area contributed by atoms with Crippen molar-refractivity contribution in [3.63, 3.8) is 0 Å². The molecule has 0 spiro atoms. The number of hydrogen-bond donors (Lipinski definition) is 1. The molecule has 3 aromatic rings. The number of sulfonamides is 1. The first-order valence-electron chi connectivity index (χ1n) is 9.54. The average molecular weight is 473 g/mol. The predicted molar refractivity (Wildman–Crippen MR) is 124 cm³/mol. The Kier molecular flexibility index (Phi) is 7.17. The number of rotatable bonds is 8. The number of hydrogen-bond acceptors (Lipinski definition) is 5. The molecule has 0 saturated carbocycles. The van der Waals surface area contributed by atoms with Gasteiger partial charge in [0.25, 0.3) is 10.0 Å². The summed E-state index contributed by atoms with van der Waals surface area (Å²) in [6.07, 6.45) is 0. The van der Waals surface area contributed by atoms with E-state index in [9.17, 15) is 18.0 Å². The summed E-state index contributed by atoms with van der Waals surface area (Å²) in [6, 6.07) is 18.6. The van der Waals surface area contributed by atoms with Gasteiger partial charge >= 0.3 is 0 Å². The van der Waals surface area contributed by atoms with E-state index < -0.39 is 22.5 Å². The van der Waals surface area contributed by atoms with Gasteiger partial charge in [0.2, 0.25) is 5.91 Å². The summed E-state index contributed by atoms with van der Waals surface area (Å²) in [7, 11) is -2.62. The molecule has 0 bridgehead atoms. The normalized spacial score (nSPS) is 11.0. The SMILES string of the molecule is COc1ccc(N(CC(=O)Nc2ccc(C(C)=O)cc2)S(=O)(=O)c2ccccc2)cc1Cl. The molecule has 9 heteroatoms. The summed E-state index contributed by atoms with van der Waals surface area (Å²) >= 11 is 6.20. The predicted octanol–water partition coefficient (Wildman–Crippen LogP) is 4.39. The van der Waals surface area contributed by atoms with Gasteiger partial charge in [0.05, 0.1) is 22.7 Å². The van der Waals surface area contributed by atoms with Crippen LogP contribution in [0.15, 0.2) is 77.7 Å². The van der Waals surface area contributed by atoms with E-state index in [1.807, 2.05) is 0 Å². The maximum absolute atomic E-state index is 13.3. The number of ether oxygens (including phenoxy) is 1. The van der Waals surface area contributed by atoms with Crippen molar-refractivity contribution in [3.05, 3.63) is 83.4 Å². The Bertz CT molecular complexity index is 1230. The summed E-state index contributed by atoms with van der Waals surface area (Å²) in [6.45, 7) is 0.953. The van der Waals surface area contributed by atoms with Gasteiger partial charge < -0.3 is 10.1 Å². The number of nitrogens with zero attached hydrogens (tertiary/aromatic N) is 1. The molecule has 0 heterocycles. The first-order valence-corrected chi connectivity index (χ1v) is 11.4. The average Bonchev–Trinajstić information content (AvgIpc) is 2.78. The van der Waals surface area contributed by atoms with E-state index in [4.69, 9.17) is 16.3 Å². The fraction of sp³-hybridized carbons (Fsp3) is 0.130. The van der Waals surface area contributed by atoms with Gasteiger partial charge in [-0.05, 0) is 61.5 Å². The number of Topliss-reactive ketones (excluding diaryl/α,β-unsaturated/α-hetero) is 1. The van der Waals surface area contributed by atoms with Crippen molar-refractivity contribution < 1.29 is 22.7 Å². The van der Waals surface area contributed by atoms with E-state index in [2.05, 4.69) is 5.32 Å². The monoisotopic (exact) mass is 472 g/mol. The zero-order valence-corrected chi connectivity index (χ0v) is 19.0. The Morgan fingerprint density at radius 2 is 1.66 bits per heavy atom. The molecule has 32 heavy (non-hydrogen) atoms.